The molecule has 4 heteroatoms. The van der Waals surface area contributed by atoms with E-state index in [4.69, 9.17) is 14.2 Å². The molecule has 2 aromatic rings. The number of ether oxygens (including phenoxy) is 3. The number of hydrogen-bond donors (Lipinski definition) is 0. The zero-order valence-corrected chi connectivity index (χ0v) is 43.9. The maximum absolute atomic E-state index is 14.8. The van der Waals surface area contributed by atoms with Crippen molar-refractivity contribution in [3.05, 3.63) is 42.5 Å². The zero-order valence-electron chi connectivity index (χ0n) is 43.9. The maximum Gasteiger partial charge on any atom is 0.311 e. The molecule has 0 fully saturated rings. The van der Waals surface area contributed by atoms with Crippen molar-refractivity contribution in [1.29, 1.82) is 0 Å². The van der Waals surface area contributed by atoms with E-state index in [0.29, 0.717) is 30.7 Å². The Labute approximate surface area is 385 Å². The second kappa shape index (κ2) is 26.2. The summed E-state index contributed by atoms with van der Waals surface area (Å²) in [6.45, 7) is 38.1. The summed E-state index contributed by atoms with van der Waals surface area (Å²) in [6, 6.07) is 14.5. The second-order valence-corrected chi connectivity index (χ2v) is 21.1. The lowest BCUT2D eigenvalue weighted by molar-refractivity contribution is -0.161. The van der Waals surface area contributed by atoms with Crippen molar-refractivity contribution in [1.82, 2.24) is 0 Å². The van der Waals surface area contributed by atoms with Crippen LogP contribution >= 0.6 is 0 Å². The highest BCUT2D eigenvalue weighted by Crippen LogP contribution is 2.64. The minimum absolute atomic E-state index is 0.0269. The standard InChI is InChI=1S/C58H102O4/c1-16-36-56(27-12,28-13)46-57(29-14,43-53(18-3,19-4)20-5)47-58(44-54(21-6,22-7)23-8,45-55(24-9,25-10)26-11)42-52(15,17-2)51(59)62-40-38-60-37-39-61-50-35-34-48-32-30-31-33-49(48)41-50/h30-35,41H,16-29,36-40,42-47H2,1-15H3. The fourth-order valence-electron chi connectivity index (χ4n) is 12.9. The molecular formula is C58H102O4. The molecule has 2 aromatic carbocycles. The summed E-state index contributed by atoms with van der Waals surface area (Å²) in [5.74, 6) is 0.801. The number of fused-ring (bicyclic) bond motifs is 1. The van der Waals surface area contributed by atoms with Crippen LogP contribution in [0.15, 0.2) is 42.5 Å². The number of benzene rings is 2. The van der Waals surface area contributed by atoms with Crippen molar-refractivity contribution in [3.63, 3.8) is 0 Å². The molecule has 2 rings (SSSR count). The van der Waals surface area contributed by atoms with Gasteiger partial charge in [0.15, 0.2) is 0 Å². The van der Waals surface area contributed by atoms with Crippen LogP contribution in [0.4, 0.5) is 0 Å². The van der Waals surface area contributed by atoms with Gasteiger partial charge in [-0.05, 0) is 114 Å². The highest BCUT2D eigenvalue weighted by Gasteiger charge is 2.54. The molecule has 2 unspecified atom stereocenters. The minimum atomic E-state index is -0.603. The smallest absolute Gasteiger partial charge is 0.311 e. The van der Waals surface area contributed by atoms with E-state index in [9.17, 15) is 4.79 Å². The molecule has 0 amide bonds. The Kier molecular flexibility index (Phi) is 23.7. The molecule has 0 radical (unpaired) electrons. The van der Waals surface area contributed by atoms with Crippen LogP contribution in [-0.2, 0) is 14.3 Å². The van der Waals surface area contributed by atoms with Crippen LogP contribution in [0.2, 0.25) is 0 Å². The van der Waals surface area contributed by atoms with E-state index in [0.717, 1.165) is 18.6 Å². The second-order valence-electron chi connectivity index (χ2n) is 21.1. The van der Waals surface area contributed by atoms with Crippen molar-refractivity contribution in [3.8, 4) is 5.75 Å². The van der Waals surface area contributed by atoms with E-state index in [1.165, 1.54) is 133 Å². The average Bonchev–Trinajstić information content (AvgIpc) is 3.31. The van der Waals surface area contributed by atoms with E-state index in [2.05, 4.69) is 140 Å². The van der Waals surface area contributed by atoms with Gasteiger partial charge in [-0.1, -0.05) is 211 Å². The molecule has 0 saturated carbocycles. The number of hydrogen-bond acceptors (Lipinski definition) is 4. The number of esters is 1. The van der Waals surface area contributed by atoms with Gasteiger partial charge in [-0.3, -0.25) is 4.79 Å². The largest absolute Gasteiger partial charge is 0.491 e. The lowest BCUT2D eigenvalue weighted by Gasteiger charge is -2.57. The summed E-state index contributed by atoms with van der Waals surface area (Å²) in [6.07, 6.45) is 24.8. The molecule has 0 aliphatic carbocycles. The summed E-state index contributed by atoms with van der Waals surface area (Å²) in [5, 5.41) is 2.37. The molecule has 2 atom stereocenters. The van der Waals surface area contributed by atoms with E-state index >= 15 is 0 Å². The van der Waals surface area contributed by atoms with Crippen molar-refractivity contribution in [2.24, 2.45) is 37.9 Å². The molecule has 0 heterocycles. The van der Waals surface area contributed by atoms with Gasteiger partial charge in [-0.15, -0.1) is 0 Å². The zero-order chi connectivity index (χ0) is 46.6. The summed E-state index contributed by atoms with van der Waals surface area (Å²) in [7, 11) is 0. The van der Waals surface area contributed by atoms with Gasteiger partial charge in [0.25, 0.3) is 0 Å². The van der Waals surface area contributed by atoms with Gasteiger partial charge in [0.05, 0.1) is 18.6 Å². The summed E-state index contributed by atoms with van der Waals surface area (Å²) in [5.41, 5.74) is 0.661. The normalized spacial score (nSPS) is 15.1. The third kappa shape index (κ3) is 14.7. The summed E-state index contributed by atoms with van der Waals surface area (Å²) >= 11 is 0. The molecule has 0 aliphatic rings. The topological polar surface area (TPSA) is 44.8 Å². The SMILES string of the molecule is CCCC(CC)(CC)CC(CC)(CC(CC)(CC)CC)CC(CC(CC)(CC)CC)(CC(CC)(CC)CC)CC(C)(CC)C(=O)OCCOCCOc1ccc2ccccc2c1. The Morgan fingerprint density at radius 1 is 0.435 bits per heavy atom. The predicted octanol–water partition coefficient (Wildman–Crippen LogP) is 18.2. The Bertz CT molecular complexity index is 1480. The Hall–Kier alpha value is -2.07. The quantitative estimate of drug-likeness (QED) is 0.0512. The van der Waals surface area contributed by atoms with Crippen LogP contribution in [0.1, 0.15) is 239 Å². The molecule has 0 bridgehead atoms. The molecule has 4 nitrogen and oxygen atoms in total. The van der Waals surface area contributed by atoms with Gasteiger partial charge >= 0.3 is 5.97 Å². The number of carbonyl (C=O) groups excluding carboxylic acids is 1. The fourth-order valence-corrected chi connectivity index (χ4v) is 12.9. The van der Waals surface area contributed by atoms with E-state index in [1.807, 2.05) is 6.07 Å². The summed E-state index contributed by atoms with van der Waals surface area (Å²) < 4.78 is 18.3. The highest BCUT2D eigenvalue weighted by atomic mass is 16.6. The molecule has 0 aromatic heterocycles. The highest BCUT2D eigenvalue weighted by molar-refractivity contribution is 5.83. The molecule has 358 valence electrons. The molecular weight excluding hydrogens is 761 g/mol. The van der Waals surface area contributed by atoms with Gasteiger partial charge in [0.2, 0.25) is 0 Å². The van der Waals surface area contributed by atoms with Crippen molar-refractivity contribution in [2.45, 2.75) is 239 Å². The monoisotopic (exact) mass is 863 g/mol. The van der Waals surface area contributed by atoms with Crippen LogP contribution in [0.5, 0.6) is 5.75 Å². The van der Waals surface area contributed by atoms with Crippen molar-refractivity contribution in [2.75, 3.05) is 26.4 Å². The Morgan fingerprint density at radius 2 is 0.855 bits per heavy atom. The first kappa shape index (κ1) is 56.1. The Morgan fingerprint density at radius 3 is 1.31 bits per heavy atom. The summed E-state index contributed by atoms with van der Waals surface area (Å²) in [4.78, 5) is 14.8. The minimum Gasteiger partial charge on any atom is -0.491 e. The van der Waals surface area contributed by atoms with E-state index < -0.39 is 5.41 Å². The fraction of sp³-hybridized carbons (Fsp3) is 0.810. The van der Waals surface area contributed by atoms with E-state index in [-0.39, 0.29) is 34.2 Å². The lowest BCUT2D eigenvalue weighted by Crippen LogP contribution is -2.47. The first-order chi connectivity index (χ1) is 29.6. The van der Waals surface area contributed by atoms with Crippen LogP contribution in [0.3, 0.4) is 0 Å². The predicted molar refractivity (Wildman–Crippen MR) is 270 cm³/mol. The first-order valence-electron chi connectivity index (χ1n) is 26.4. The van der Waals surface area contributed by atoms with E-state index in [1.54, 1.807) is 0 Å². The van der Waals surface area contributed by atoms with Gasteiger partial charge in [0.1, 0.15) is 19.0 Å². The van der Waals surface area contributed by atoms with Crippen LogP contribution in [-0.4, -0.2) is 32.4 Å². The van der Waals surface area contributed by atoms with Gasteiger partial charge in [-0.2, -0.15) is 0 Å². The van der Waals surface area contributed by atoms with Crippen molar-refractivity contribution >= 4 is 16.7 Å². The van der Waals surface area contributed by atoms with Crippen LogP contribution < -0.4 is 4.74 Å². The van der Waals surface area contributed by atoms with Crippen molar-refractivity contribution < 1.29 is 19.0 Å². The third-order valence-corrected chi connectivity index (χ3v) is 18.2. The molecule has 0 aliphatic heterocycles. The molecule has 62 heavy (non-hydrogen) atoms. The average molecular weight is 863 g/mol. The Balaban J connectivity index is 2.66. The third-order valence-electron chi connectivity index (χ3n) is 18.2. The molecule has 0 spiro atoms. The van der Waals surface area contributed by atoms with Crippen LogP contribution in [0, 0.1) is 37.9 Å². The molecule has 0 saturated heterocycles. The maximum atomic E-state index is 14.8. The van der Waals surface area contributed by atoms with Gasteiger partial charge < -0.3 is 14.2 Å². The van der Waals surface area contributed by atoms with Gasteiger partial charge in [-0.25, -0.2) is 0 Å². The van der Waals surface area contributed by atoms with Crippen LogP contribution in [0.25, 0.3) is 10.8 Å². The molecule has 0 N–H and O–H groups in total. The lowest BCUT2D eigenvalue weighted by atomic mass is 9.48. The first-order valence-corrected chi connectivity index (χ1v) is 26.4. The number of carbonyl (C=O) groups is 1. The van der Waals surface area contributed by atoms with Gasteiger partial charge in [0, 0.05) is 0 Å². The number of rotatable bonds is 35.